The summed E-state index contributed by atoms with van der Waals surface area (Å²) in [5, 5.41) is 18.7. The van der Waals surface area contributed by atoms with E-state index >= 15 is 0 Å². The van der Waals surface area contributed by atoms with Gasteiger partial charge in [0.15, 0.2) is 0 Å². The van der Waals surface area contributed by atoms with Crippen LogP contribution in [0.2, 0.25) is 0 Å². The first-order chi connectivity index (χ1) is 5.13. The lowest BCUT2D eigenvalue weighted by Crippen LogP contribution is -2.29. The Morgan fingerprint density at radius 3 is 2.45 bits per heavy atom. The first-order valence-electron chi connectivity index (χ1n) is 3.87. The molecule has 0 spiro atoms. The van der Waals surface area contributed by atoms with E-state index in [0.717, 1.165) is 5.57 Å². The number of hydrogen-bond donors (Lipinski definition) is 2. The third-order valence-electron chi connectivity index (χ3n) is 1.93. The summed E-state index contributed by atoms with van der Waals surface area (Å²) < 4.78 is 0. The van der Waals surface area contributed by atoms with Gasteiger partial charge in [0.2, 0.25) is 0 Å². The molecule has 2 heteroatoms. The summed E-state index contributed by atoms with van der Waals surface area (Å²) in [5.74, 6) is 0.296. The molecule has 0 unspecified atom stereocenters. The van der Waals surface area contributed by atoms with Gasteiger partial charge in [-0.3, -0.25) is 0 Å². The molecule has 0 heterocycles. The van der Waals surface area contributed by atoms with E-state index in [0.29, 0.717) is 5.92 Å². The van der Waals surface area contributed by atoms with Crippen molar-refractivity contribution in [3.05, 3.63) is 23.8 Å². The Kier molecular flexibility index (Phi) is 2.47. The molecular weight excluding hydrogens is 140 g/mol. The van der Waals surface area contributed by atoms with Gasteiger partial charge >= 0.3 is 0 Å². The third-order valence-corrected chi connectivity index (χ3v) is 1.93. The van der Waals surface area contributed by atoms with Crippen LogP contribution in [0.25, 0.3) is 0 Å². The highest BCUT2D eigenvalue weighted by atomic mass is 16.3. The van der Waals surface area contributed by atoms with Gasteiger partial charge in [0.25, 0.3) is 0 Å². The van der Waals surface area contributed by atoms with Crippen molar-refractivity contribution in [1.82, 2.24) is 0 Å². The molecule has 0 saturated carbocycles. The van der Waals surface area contributed by atoms with Crippen molar-refractivity contribution < 1.29 is 10.2 Å². The normalized spacial score (nSPS) is 30.8. The van der Waals surface area contributed by atoms with Crippen LogP contribution in [0.4, 0.5) is 0 Å². The van der Waals surface area contributed by atoms with Crippen LogP contribution in [-0.2, 0) is 0 Å². The van der Waals surface area contributed by atoms with Crippen molar-refractivity contribution in [1.29, 1.82) is 0 Å². The lowest BCUT2D eigenvalue weighted by Gasteiger charge is -2.23. The van der Waals surface area contributed by atoms with E-state index < -0.39 is 12.2 Å². The molecule has 62 valence electrons. The minimum atomic E-state index is -0.725. The van der Waals surface area contributed by atoms with Crippen molar-refractivity contribution in [3.63, 3.8) is 0 Å². The molecule has 0 aromatic heterocycles. The maximum atomic E-state index is 9.44. The average Bonchev–Trinajstić information content (AvgIpc) is 1.94. The second kappa shape index (κ2) is 3.20. The standard InChI is InChI=1S/C9H14O2/c1-6(2)7-4-3-5-8(10)9(7)11/h3-6,8-11H,1-2H3/t8-,9-/m1/s1. The Bertz CT molecular complexity index is 192. The highest BCUT2D eigenvalue weighted by molar-refractivity contribution is 5.26. The SMILES string of the molecule is CC(C)C1=CC=C[C@@H](O)[C@@H]1O. The van der Waals surface area contributed by atoms with Crippen molar-refractivity contribution in [2.75, 3.05) is 0 Å². The minimum absolute atomic E-state index is 0.296. The first-order valence-corrected chi connectivity index (χ1v) is 3.87. The molecule has 0 aliphatic heterocycles. The Labute approximate surface area is 66.9 Å². The molecule has 0 aromatic rings. The molecule has 0 fully saturated rings. The van der Waals surface area contributed by atoms with Crippen LogP contribution < -0.4 is 0 Å². The van der Waals surface area contributed by atoms with Gasteiger partial charge in [0, 0.05) is 0 Å². The maximum absolute atomic E-state index is 9.44. The van der Waals surface area contributed by atoms with Crippen molar-refractivity contribution >= 4 is 0 Å². The molecule has 1 aliphatic carbocycles. The molecule has 1 aliphatic rings. The van der Waals surface area contributed by atoms with Crippen molar-refractivity contribution in [3.8, 4) is 0 Å². The molecule has 0 bridgehead atoms. The summed E-state index contributed by atoms with van der Waals surface area (Å²) in [6.07, 6.45) is 3.81. The monoisotopic (exact) mass is 154 g/mol. The Morgan fingerprint density at radius 2 is 2.00 bits per heavy atom. The van der Waals surface area contributed by atoms with E-state index in [2.05, 4.69) is 0 Å². The Balaban J connectivity index is 2.78. The summed E-state index contributed by atoms with van der Waals surface area (Å²) in [6, 6.07) is 0. The number of rotatable bonds is 1. The van der Waals surface area contributed by atoms with Crippen LogP contribution in [0.5, 0.6) is 0 Å². The Morgan fingerprint density at radius 1 is 1.36 bits per heavy atom. The fraction of sp³-hybridized carbons (Fsp3) is 0.556. The molecular formula is C9H14O2. The zero-order valence-corrected chi connectivity index (χ0v) is 6.86. The summed E-state index contributed by atoms with van der Waals surface area (Å²) >= 11 is 0. The second-order valence-electron chi connectivity index (χ2n) is 3.14. The third kappa shape index (κ3) is 1.70. The predicted molar refractivity (Wildman–Crippen MR) is 44.1 cm³/mol. The zero-order chi connectivity index (χ0) is 8.43. The fourth-order valence-electron chi connectivity index (χ4n) is 1.22. The van der Waals surface area contributed by atoms with E-state index in [1.54, 1.807) is 12.2 Å². The molecule has 2 N–H and O–H groups in total. The van der Waals surface area contributed by atoms with Gasteiger partial charge < -0.3 is 10.2 Å². The van der Waals surface area contributed by atoms with Gasteiger partial charge in [0.05, 0.1) is 0 Å². The van der Waals surface area contributed by atoms with Crippen LogP contribution in [0.3, 0.4) is 0 Å². The van der Waals surface area contributed by atoms with Crippen LogP contribution in [0.15, 0.2) is 23.8 Å². The van der Waals surface area contributed by atoms with Gasteiger partial charge in [-0.05, 0) is 11.5 Å². The summed E-state index contributed by atoms with van der Waals surface area (Å²) in [6.45, 7) is 4.00. The quantitative estimate of drug-likeness (QED) is 0.588. The summed E-state index contributed by atoms with van der Waals surface area (Å²) in [5.41, 5.74) is 0.903. The second-order valence-corrected chi connectivity index (χ2v) is 3.14. The topological polar surface area (TPSA) is 40.5 Å². The Hall–Kier alpha value is -0.600. The van der Waals surface area contributed by atoms with E-state index in [1.165, 1.54) is 0 Å². The van der Waals surface area contributed by atoms with E-state index in [9.17, 15) is 10.2 Å². The van der Waals surface area contributed by atoms with E-state index in [1.807, 2.05) is 19.9 Å². The first kappa shape index (κ1) is 8.50. The molecule has 2 atom stereocenters. The smallest absolute Gasteiger partial charge is 0.105 e. The van der Waals surface area contributed by atoms with Crippen LogP contribution in [-0.4, -0.2) is 22.4 Å². The van der Waals surface area contributed by atoms with Crippen LogP contribution in [0, 0.1) is 5.92 Å². The van der Waals surface area contributed by atoms with E-state index in [-0.39, 0.29) is 0 Å². The van der Waals surface area contributed by atoms with E-state index in [4.69, 9.17) is 0 Å². The molecule has 0 amide bonds. The highest BCUT2D eigenvalue weighted by Gasteiger charge is 2.22. The van der Waals surface area contributed by atoms with Crippen molar-refractivity contribution in [2.24, 2.45) is 5.92 Å². The average molecular weight is 154 g/mol. The van der Waals surface area contributed by atoms with Gasteiger partial charge in [-0.1, -0.05) is 32.1 Å². The minimum Gasteiger partial charge on any atom is -0.386 e. The molecule has 2 nitrogen and oxygen atoms in total. The molecule has 11 heavy (non-hydrogen) atoms. The van der Waals surface area contributed by atoms with Crippen molar-refractivity contribution in [2.45, 2.75) is 26.1 Å². The zero-order valence-electron chi connectivity index (χ0n) is 6.86. The van der Waals surface area contributed by atoms with Gasteiger partial charge in [-0.15, -0.1) is 0 Å². The van der Waals surface area contributed by atoms with Crippen LogP contribution in [0.1, 0.15) is 13.8 Å². The predicted octanol–water partition coefficient (Wildman–Crippen LogP) is 0.860. The summed E-state index contributed by atoms with van der Waals surface area (Å²) in [7, 11) is 0. The molecule has 0 aromatic carbocycles. The number of aliphatic hydroxyl groups excluding tert-OH is 2. The lowest BCUT2D eigenvalue weighted by atomic mass is 9.91. The maximum Gasteiger partial charge on any atom is 0.105 e. The lowest BCUT2D eigenvalue weighted by molar-refractivity contribution is 0.0659. The number of hydrogen-bond acceptors (Lipinski definition) is 2. The molecule has 0 saturated heterocycles. The highest BCUT2D eigenvalue weighted by Crippen LogP contribution is 2.20. The summed E-state index contributed by atoms with van der Waals surface area (Å²) in [4.78, 5) is 0. The van der Waals surface area contributed by atoms with Gasteiger partial charge in [-0.25, -0.2) is 0 Å². The van der Waals surface area contributed by atoms with Crippen LogP contribution >= 0.6 is 0 Å². The number of aliphatic hydroxyl groups is 2. The fourth-order valence-corrected chi connectivity index (χ4v) is 1.22. The molecule has 1 rings (SSSR count). The van der Waals surface area contributed by atoms with Gasteiger partial charge in [-0.2, -0.15) is 0 Å². The molecule has 0 radical (unpaired) electrons. The number of allylic oxidation sites excluding steroid dienone is 2. The largest absolute Gasteiger partial charge is 0.386 e. The van der Waals surface area contributed by atoms with Gasteiger partial charge in [0.1, 0.15) is 12.2 Å².